The lowest BCUT2D eigenvalue weighted by atomic mass is 10.1. The fraction of sp³-hybridized carbons (Fsp3) is 0.421. The lowest BCUT2D eigenvalue weighted by Gasteiger charge is -2.13. The minimum absolute atomic E-state index is 0.181. The number of unbranched alkanes of at least 4 members (excludes halogenated alkanes) is 1. The van der Waals surface area contributed by atoms with Crippen molar-refractivity contribution in [1.29, 1.82) is 0 Å². The Morgan fingerprint density at radius 1 is 1.23 bits per heavy atom. The van der Waals surface area contributed by atoms with Gasteiger partial charge in [-0.2, -0.15) is 4.98 Å². The molecule has 0 amide bonds. The van der Waals surface area contributed by atoms with Crippen LogP contribution in [0.3, 0.4) is 0 Å². The average molecular weight is 374 g/mol. The number of rotatable bonds is 6. The van der Waals surface area contributed by atoms with Crippen molar-refractivity contribution >= 4 is 28.6 Å². The van der Waals surface area contributed by atoms with Crippen LogP contribution in [0.1, 0.15) is 42.1 Å². The van der Waals surface area contributed by atoms with Gasteiger partial charge in [0.05, 0.1) is 24.7 Å². The van der Waals surface area contributed by atoms with Crippen molar-refractivity contribution in [2.24, 2.45) is 0 Å². The van der Waals surface area contributed by atoms with Crippen molar-refractivity contribution in [2.75, 3.05) is 12.8 Å². The van der Waals surface area contributed by atoms with Crippen molar-refractivity contribution in [3.63, 3.8) is 0 Å². The molecule has 0 fully saturated rings. The Labute approximate surface area is 158 Å². The molecular formula is C19H24ClN5O. The van der Waals surface area contributed by atoms with E-state index in [4.69, 9.17) is 22.1 Å². The van der Waals surface area contributed by atoms with Crippen LogP contribution in [0, 0.1) is 13.8 Å². The van der Waals surface area contributed by atoms with Crippen LogP contribution in [0.25, 0.3) is 11.0 Å². The molecule has 0 aromatic carbocycles. The zero-order valence-corrected chi connectivity index (χ0v) is 16.4. The summed E-state index contributed by atoms with van der Waals surface area (Å²) in [7, 11) is 1.67. The number of nitrogens with two attached hydrogens (primary N) is 1. The highest BCUT2D eigenvalue weighted by molar-refractivity contribution is 6.34. The van der Waals surface area contributed by atoms with Gasteiger partial charge in [-0.25, -0.2) is 4.98 Å². The number of hydrogen-bond donors (Lipinski definition) is 1. The van der Waals surface area contributed by atoms with Gasteiger partial charge in [0.1, 0.15) is 16.5 Å². The summed E-state index contributed by atoms with van der Waals surface area (Å²) in [5.74, 6) is 0.998. The van der Waals surface area contributed by atoms with Crippen LogP contribution in [0.15, 0.2) is 12.4 Å². The number of methoxy groups -OCH3 is 1. The molecule has 0 aliphatic carbocycles. The van der Waals surface area contributed by atoms with E-state index in [1.165, 1.54) is 0 Å². The summed E-state index contributed by atoms with van der Waals surface area (Å²) in [6.07, 6.45) is 7.11. The number of aromatic nitrogens is 4. The van der Waals surface area contributed by atoms with Crippen molar-refractivity contribution in [3.05, 3.63) is 39.9 Å². The summed E-state index contributed by atoms with van der Waals surface area (Å²) in [6.45, 7) is 6.77. The highest BCUT2D eigenvalue weighted by atomic mass is 35.5. The van der Waals surface area contributed by atoms with Gasteiger partial charge in [-0.05, 0) is 43.4 Å². The number of pyridine rings is 1. The molecule has 0 atom stereocenters. The Kier molecular flexibility index (Phi) is 5.32. The summed E-state index contributed by atoms with van der Waals surface area (Å²) in [4.78, 5) is 13.0. The number of nitrogens with zero attached hydrogens (tertiary/aromatic N) is 4. The molecule has 3 aromatic heterocycles. The highest BCUT2D eigenvalue weighted by Crippen LogP contribution is 2.30. The molecule has 0 spiro atoms. The molecule has 6 nitrogen and oxygen atoms in total. The normalized spacial score (nSPS) is 11.3. The fourth-order valence-electron chi connectivity index (χ4n) is 3.30. The van der Waals surface area contributed by atoms with Gasteiger partial charge in [-0.3, -0.25) is 4.98 Å². The summed E-state index contributed by atoms with van der Waals surface area (Å²) in [6, 6.07) is 0. The molecule has 0 radical (unpaired) electrons. The number of halogens is 1. The van der Waals surface area contributed by atoms with Gasteiger partial charge in [-0.1, -0.05) is 24.9 Å². The third kappa shape index (κ3) is 3.33. The lowest BCUT2D eigenvalue weighted by molar-refractivity contribution is 0.405. The number of anilines is 1. The Balaban J connectivity index is 2.11. The van der Waals surface area contributed by atoms with Crippen molar-refractivity contribution in [2.45, 2.75) is 46.6 Å². The molecule has 0 saturated carbocycles. The van der Waals surface area contributed by atoms with E-state index in [9.17, 15) is 0 Å². The van der Waals surface area contributed by atoms with Gasteiger partial charge in [0.2, 0.25) is 5.95 Å². The SMILES string of the molecule is CCCCc1cn(Cc2cnc(C)c(OC)c2C)c2nc(N)nc(Cl)c12. The number of hydrogen-bond acceptors (Lipinski definition) is 5. The van der Waals surface area contributed by atoms with Crippen LogP contribution in [0.4, 0.5) is 5.95 Å². The smallest absolute Gasteiger partial charge is 0.223 e. The zero-order valence-electron chi connectivity index (χ0n) is 15.6. The lowest BCUT2D eigenvalue weighted by Crippen LogP contribution is -2.06. The largest absolute Gasteiger partial charge is 0.495 e. The first-order valence-corrected chi connectivity index (χ1v) is 9.13. The van der Waals surface area contributed by atoms with Gasteiger partial charge in [0, 0.05) is 12.4 Å². The minimum Gasteiger partial charge on any atom is -0.495 e. The molecule has 2 N–H and O–H groups in total. The molecule has 3 aromatic rings. The molecular weight excluding hydrogens is 350 g/mol. The molecule has 0 aliphatic rings. The maximum atomic E-state index is 6.39. The summed E-state index contributed by atoms with van der Waals surface area (Å²) >= 11 is 6.39. The minimum atomic E-state index is 0.181. The molecule has 0 unspecified atom stereocenters. The number of aryl methyl sites for hydroxylation is 2. The molecule has 3 heterocycles. The molecule has 3 rings (SSSR count). The molecule has 0 aliphatic heterocycles. The predicted octanol–water partition coefficient (Wildman–Crippen LogP) is 4.08. The second-order valence-corrected chi connectivity index (χ2v) is 6.84. The van der Waals surface area contributed by atoms with Crippen LogP contribution in [0.2, 0.25) is 5.15 Å². The average Bonchev–Trinajstić information content (AvgIpc) is 2.93. The molecule has 0 saturated heterocycles. The monoisotopic (exact) mass is 373 g/mol. The Morgan fingerprint density at radius 2 is 2.00 bits per heavy atom. The Morgan fingerprint density at radius 3 is 2.69 bits per heavy atom. The maximum Gasteiger partial charge on any atom is 0.223 e. The Bertz CT molecular complexity index is 951. The van der Waals surface area contributed by atoms with Gasteiger partial charge >= 0.3 is 0 Å². The van der Waals surface area contributed by atoms with Crippen molar-refractivity contribution in [1.82, 2.24) is 19.5 Å². The predicted molar refractivity (Wildman–Crippen MR) is 105 cm³/mol. The van der Waals surface area contributed by atoms with Crippen molar-refractivity contribution < 1.29 is 4.74 Å². The van der Waals surface area contributed by atoms with E-state index in [1.54, 1.807) is 7.11 Å². The topological polar surface area (TPSA) is 78.8 Å². The number of nitrogen functional groups attached to an aromatic ring is 1. The van der Waals surface area contributed by atoms with Gasteiger partial charge < -0.3 is 15.0 Å². The summed E-state index contributed by atoms with van der Waals surface area (Å²) in [5, 5.41) is 1.30. The number of ether oxygens (including phenoxy) is 1. The molecule has 26 heavy (non-hydrogen) atoms. The van der Waals surface area contributed by atoms with Crippen molar-refractivity contribution in [3.8, 4) is 5.75 Å². The van der Waals surface area contributed by atoms with Crippen LogP contribution in [-0.4, -0.2) is 26.6 Å². The number of fused-ring (bicyclic) bond motifs is 1. The van der Waals surface area contributed by atoms with E-state index >= 15 is 0 Å². The van der Waals surface area contributed by atoms with E-state index in [1.807, 2.05) is 20.0 Å². The molecule has 0 bridgehead atoms. The standard InChI is InChI=1S/C19H24ClN5O/c1-5-6-7-13-9-25(18-15(13)17(20)23-19(21)24-18)10-14-8-22-12(3)16(26-4)11(14)2/h8-9H,5-7,10H2,1-4H3,(H2,21,23,24). The third-order valence-electron chi connectivity index (χ3n) is 4.68. The molecule has 7 heteroatoms. The Hall–Kier alpha value is -2.34. The second-order valence-electron chi connectivity index (χ2n) is 6.48. The first-order chi connectivity index (χ1) is 12.5. The fourth-order valence-corrected chi connectivity index (χ4v) is 3.60. The van der Waals surface area contributed by atoms with Crippen LogP contribution >= 0.6 is 11.6 Å². The van der Waals surface area contributed by atoms with E-state index in [2.05, 4.69) is 32.6 Å². The van der Waals surface area contributed by atoms with Gasteiger partial charge in [0.15, 0.2) is 0 Å². The van der Waals surface area contributed by atoms with Crippen LogP contribution < -0.4 is 10.5 Å². The third-order valence-corrected chi connectivity index (χ3v) is 4.95. The first kappa shape index (κ1) is 18.5. The quantitative estimate of drug-likeness (QED) is 0.658. The van der Waals surface area contributed by atoms with Gasteiger partial charge in [0.25, 0.3) is 0 Å². The van der Waals surface area contributed by atoms with Gasteiger partial charge in [-0.15, -0.1) is 0 Å². The molecule has 138 valence electrons. The zero-order chi connectivity index (χ0) is 18.8. The first-order valence-electron chi connectivity index (χ1n) is 8.76. The van der Waals surface area contributed by atoms with E-state index in [0.717, 1.165) is 58.4 Å². The summed E-state index contributed by atoms with van der Waals surface area (Å²) in [5.41, 5.74) is 10.8. The summed E-state index contributed by atoms with van der Waals surface area (Å²) < 4.78 is 7.57. The highest BCUT2D eigenvalue weighted by Gasteiger charge is 2.17. The van der Waals surface area contributed by atoms with E-state index in [0.29, 0.717) is 11.7 Å². The second kappa shape index (κ2) is 7.50. The maximum absolute atomic E-state index is 6.39. The van der Waals surface area contributed by atoms with Crippen LogP contribution in [0.5, 0.6) is 5.75 Å². The van der Waals surface area contributed by atoms with Crippen LogP contribution in [-0.2, 0) is 13.0 Å². The van der Waals surface area contributed by atoms with E-state index < -0.39 is 0 Å². The van der Waals surface area contributed by atoms with E-state index in [-0.39, 0.29) is 5.95 Å².